The Labute approximate surface area is 188 Å². The first-order valence-corrected chi connectivity index (χ1v) is 12.0. The van der Waals surface area contributed by atoms with E-state index in [1.165, 1.54) is 9.21 Å². The van der Waals surface area contributed by atoms with Gasteiger partial charge in [-0.05, 0) is 55.2 Å². The van der Waals surface area contributed by atoms with Gasteiger partial charge in [-0.2, -0.15) is 5.26 Å². The number of sulfonamides is 1. The highest BCUT2D eigenvalue weighted by Gasteiger charge is 2.48. The van der Waals surface area contributed by atoms with Crippen molar-refractivity contribution in [2.45, 2.75) is 31.2 Å². The second kappa shape index (κ2) is 7.95. The van der Waals surface area contributed by atoms with Crippen molar-refractivity contribution >= 4 is 27.6 Å². The summed E-state index contributed by atoms with van der Waals surface area (Å²) >= 11 is 0. The molecule has 9 heteroatoms. The molecule has 166 valence electrons. The van der Waals surface area contributed by atoms with Crippen LogP contribution < -0.4 is 9.62 Å². The van der Waals surface area contributed by atoms with E-state index in [-0.39, 0.29) is 17.6 Å². The highest BCUT2D eigenvalue weighted by molar-refractivity contribution is 7.92. The number of anilines is 1. The van der Waals surface area contributed by atoms with Gasteiger partial charge in [0.1, 0.15) is 0 Å². The highest BCUT2D eigenvalue weighted by Crippen LogP contribution is 2.41. The van der Waals surface area contributed by atoms with Crippen molar-refractivity contribution in [1.82, 2.24) is 10.2 Å². The summed E-state index contributed by atoms with van der Waals surface area (Å²) in [5.74, 6) is -0.813. The highest BCUT2D eigenvalue weighted by atomic mass is 32.2. The number of carbonyl (C=O) groups is 1. The van der Waals surface area contributed by atoms with Crippen LogP contribution >= 0.6 is 0 Å². The molecule has 2 N–H and O–H groups in total. The Morgan fingerprint density at radius 1 is 1.19 bits per heavy atom. The molecule has 2 saturated heterocycles. The maximum absolute atomic E-state index is 13.3. The quantitative estimate of drug-likeness (QED) is 0.743. The lowest BCUT2D eigenvalue weighted by Crippen LogP contribution is -2.62. The molecule has 2 aromatic carbocycles. The average Bonchev–Trinajstić information content (AvgIpc) is 2.78. The normalized spacial score (nSPS) is 25.2. The third-order valence-electron chi connectivity index (χ3n) is 6.32. The van der Waals surface area contributed by atoms with E-state index in [2.05, 4.69) is 11.4 Å². The van der Waals surface area contributed by atoms with Gasteiger partial charge in [-0.15, -0.1) is 0 Å². The van der Waals surface area contributed by atoms with E-state index in [1.54, 1.807) is 49.5 Å². The average molecular weight is 452 g/mol. The SMILES string of the molecule is CN1C(=N)N[C@](C)(c2cccc(C#N)c2)[C@@H](c2ccc(N3CCCCS3(=O)=O)cc2)C1=O. The lowest BCUT2D eigenvalue weighted by atomic mass is 9.73. The summed E-state index contributed by atoms with van der Waals surface area (Å²) in [4.78, 5) is 14.6. The van der Waals surface area contributed by atoms with Gasteiger partial charge in [-0.3, -0.25) is 19.4 Å². The molecule has 4 rings (SSSR count). The molecule has 2 aromatic rings. The molecule has 2 heterocycles. The summed E-state index contributed by atoms with van der Waals surface area (Å²) in [5, 5.41) is 20.7. The number of guanidine groups is 1. The van der Waals surface area contributed by atoms with Crippen molar-refractivity contribution in [3.8, 4) is 6.07 Å². The number of nitrogens with zero attached hydrogens (tertiary/aromatic N) is 3. The predicted molar refractivity (Wildman–Crippen MR) is 122 cm³/mol. The van der Waals surface area contributed by atoms with Crippen LogP contribution in [-0.4, -0.2) is 44.5 Å². The fraction of sp³-hybridized carbons (Fsp3) is 0.348. The number of likely N-dealkylation sites (N-methyl/N-ethyl adjacent to an activating group) is 1. The van der Waals surface area contributed by atoms with Crippen LogP contribution in [0.4, 0.5) is 5.69 Å². The van der Waals surface area contributed by atoms with E-state index in [1.807, 2.05) is 13.0 Å². The fourth-order valence-corrected chi connectivity index (χ4v) is 6.13. The number of rotatable bonds is 3. The smallest absolute Gasteiger partial charge is 0.239 e. The largest absolute Gasteiger partial charge is 0.346 e. The van der Waals surface area contributed by atoms with Crippen LogP contribution in [0, 0.1) is 16.7 Å². The van der Waals surface area contributed by atoms with E-state index < -0.39 is 21.5 Å². The molecule has 2 atom stereocenters. The van der Waals surface area contributed by atoms with Crippen molar-refractivity contribution in [3.63, 3.8) is 0 Å². The number of nitrogens with one attached hydrogen (secondary N) is 2. The first-order valence-electron chi connectivity index (χ1n) is 10.4. The van der Waals surface area contributed by atoms with Crippen LogP contribution in [0.5, 0.6) is 0 Å². The van der Waals surface area contributed by atoms with Crippen LogP contribution in [-0.2, 0) is 20.4 Å². The van der Waals surface area contributed by atoms with Gasteiger partial charge in [0.15, 0.2) is 5.96 Å². The van der Waals surface area contributed by atoms with Crippen molar-refractivity contribution in [3.05, 3.63) is 65.2 Å². The third kappa shape index (κ3) is 3.60. The van der Waals surface area contributed by atoms with Crippen molar-refractivity contribution < 1.29 is 13.2 Å². The fourth-order valence-electron chi connectivity index (χ4n) is 4.49. The Balaban J connectivity index is 1.77. The summed E-state index contributed by atoms with van der Waals surface area (Å²) < 4.78 is 26.3. The predicted octanol–water partition coefficient (Wildman–Crippen LogP) is 2.48. The van der Waals surface area contributed by atoms with Crippen molar-refractivity contribution in [2.75, 3.05) is 23.7 Å². The number of carbonyl (C=O) groups excluding carboxylic acids is 1. The molecule has 0 aliphatic carbocycles. The monoisotopic (exact) mass is 451 g/mol. The molecule has 0 spiro atoms. The Bertz CT molecular complexity index is 1220. The summed E-state index contributed by atoms with van der Waals surface area (Å²) in [5.41, 5.74) is 1.50. The zero-order valence-electron chi connectivity index (χ0n) is 18.0. The molecular weight excluding hydrogens is 426 g/mol. The Morgan fingerprint density at radius 3 is 2.56 bits per heavy atom. The standard InChI is InChI=1S/C23H25N5O3S/c1-23(18-7-5-6-16(14-18)15-24)20(21(29)27(2)22(25)26-23)17-8-10-19(11-9-17)28-12-3-4-13-32(28,30)31/h5-11,14,20H,3-4,12-13H2,1-2H3,(H2,25,26)/t20-,23+/m0/s1. The van der Waals surface area contributed by atoms with Crippen LogP contribution in [0.15, 0.2) is 48.5 Å². The second-order valence-electron chi connectivity index (χ2n) is 8.39. The minimum Gasteiger partial charge on any atom is -0.346 e. The Hall–Kier alpha value is -3.38. The van der Waals surface area contributed by atoms with E-state index in [0.29, 0.717) is 29.8 Å². The van der Waals surface area contributed by atoms with Crippen molar-refractivity contribution in [2.24, 2.45) is 0 Å². The molecule has 8 nitrogen and oxygen atoms in total. The minimum absolute atomic E-state index is 0.0212. The van der Waals surface area contributed by atoms with Gasteiger partial charge in [-0.1, -0.05) is 24.3 Å². The molecule has 2 aliphatic rings. The van der Waals surface area contributed by atoms with Gasteiger partial charge < -0.3 is 5.32 Å². The van der Waals surface area contributed by atoms with Gasteiger partial charge in [0.05, 0.1) is 34.5 Å². The van der Waals surface area contributed by atoms with Crippen LogP contribution in [0.25, 0.3) is 0 Å². The van der Waals surface area contributed by atoms with Gasteiger partial charge in [-0.25, -0.2) is 8.42 Å². The number of amides is 1. The lowest BCUT2D eigenvalue weighted by molar-refractivity contribution is -0.131. The second-order valence-corrected chi connectivity index (χ2v) is 10.4. The summed E-state index contributed by atoms with van der Waals surface area (Å²) in [6.07, 6.45) is 1.48. The molecule has 0 aromatic heterocycles. The number of nitriles is 1. The lowest BCUT2D eigenvalue weighted by Gasteiger charge is -2.46. The zero-order valence-corrected chi connectivity index (χ0v) is 18.8. The van der Waals surface area contributed by atoms with Gasteiger partial charge in [0, 0.05) is 13.6 Å². The Morgan fingerprint density at radius 2 is 1.91 bits per heavy atom. The number of hydrogen-bond acceptors (Lipinski definition) is 5. The topological polar surface area (TPSA) is 117 Å². The molecule has 2 fully saturated rings. The molecule has 0 bridgehead atoms. The van der Waals surface area contributed by atoms with Crippen LogP contribution in [0.3, 0.4) is 0 Å². The van der Waals surface area contributed by atoms with Gasteiger partial charge >= 0.3 is 0 Å². The summed E-state index contributed by atoms with van der Waals surface area (Å²) in [6.45, 7) is 2.29. The maximum Gasteiger partial charge on any atom is 0.239 e. The summed E-state index contributed by atoms with van der Waals surface area (Å²) in [7, 11) is -1.78. The van der Waals surface area contributed by atoms with E-state index in [0.717, 1.165) is 12.0 Å². The molecule has 32 heavy (non-hydrogen) atoms. The Kier molecular flexibility index (Phi) is 5.42. The first kappa shape index (κ1) is 21.8. The maximum atomic E-state index is 13.3. The van der Waals surface area contributed by atoms with E-state index in [9.17, 15) is 18.5 Å². The summed E-state index contributed by atoms with van der Waals surface area (Å²) in [6, 6.07) is 16.2. The molecule has 1 amide bonds. The van der Waals surface area contributed by atoms with Gasteiger partial charge in [0.2, 0.25) is 15.9 Å². The molecule has 0 saturated carbocycles. The van der Waals surface area contributed by atoms with E-state index >= 15 is 0 Å². The van der Waals surface area contributed by atoms with Gasteiger partial charge in [0.25, 0.3) is 0 Å². The van der Waals surface area contributed by atoms with Crippen molar-refractivity contribution in [1.29, 1.82) is 10.7 Å². The minimum atomic E-state index is -3.33. The zero-order chi connectivity index (χ0) is 23.1. The molecule has 0 unspecified atom stereocenters. The van der Waals surface area contributed by atoms with Crippen LogP contribution in [0.2, 0.25) is 0 Å². The molecule has 2 aliphatic heterocycles. The molecular formula is C23H25N5O3S. The van der Waals surface area contributed by atoms with Crippen LogP contribution in [0.1, 0.15) is 42.4 Å². The van der Waals surface area contributed by atoms with E-state index in [4.69, 9.17) is 5.41 Å². The molecule has 0 radical (unpaired) electrons. The first-order chi connectivity index (χ1) is 15.2. The number of benzene rings is 2. The number of hydrogen-bond donors (Lipinski definition) is 2. The third-order valence-corrected chi connectivity index (χ3v) is 8.19.